The van der Waals surface area contributed by atoms with Gasteiger partial charge in [0.25, 0.3) is 7.82 Å². The third kappa shape index (κ3) is 30.2. The topological polar surface area (TPSA) is 94.1 Å². The van der Waals surface area contributed by atoms with Crippen LogP contribution in [-0.4, -0.2) is 70.7 Å². The van der Waals surface area contributed by atoms with Crippen molar-refractivity contribution >= 4 is 13.8 Å². The third-order valence-electron chi connectivity index (χ3n) is 6.46. The van der Waals surface area contributed by atoms with Crippen molar-refractivity contribution in [3.05, 3.63) is 36.5 Å². The Labute approximate surface area is 257 Å². The minimum atomic E-state index is -4.49. The van der Waals surface area contributed by atoms with Crippen LogP contribution in [0.2, 0.25) is 0 Å². The van der Waals surface area contributed by atoms with Gasteiger partial charge in [-0.3, -0.25) is 9.36 Å². The summed E-state index contributed by atoms with van der Waals surface area (Å²) in [5.41, 5.74) is 0. The Morgan fingerprint density at radius 3 is 1.98 bits per heavy atom. The number of nitrogens with zero attached hydrogens (tertiary/aromatic N) is 1. The summed E-state index contributed by atoms with van der Waals surface area (Å²) < 4.78 is 33.8. The fraction of sp³-hybridized carbons (Fsp3) is 0.788. The van der Waals surface area contributed by atoms with Gasteiger partial charge >= 0.3 is 5.97 Å². The zero-order valence-corrected chi connectivity index (χ0v) is 28.3. The number of phosphoric acid groups is 1. The molecular formula is C33H62NO7P. The maximum Gasteiger partial charge on any atom is 0.306 e. The van der Waals surface area contributed by atoms with E-state index < -0.39 is 13.9 Å². The number of hydrogen-bond acceptors (Lipinski definition) is 7. The summed E-state index contributed by atoms with van der Waals surface area (Å²) in [6.07, 6.45) is 28.3. The van der Waals surface area contributed by atoms with Gasteiger partial charge in [0.15, 0.2) is 0 Å². The second-order valence-electron chi connectivity index (χ2n) is 11.8. The van der Waals surface area contributed by atoms with Gasteiger partial charge in [0.05, 0.1) is 34.4 Å². The number of quaternary nitrogens is 1. The van der Waals surface area contributed by atoms with E-state index in [1.807, 2.05) is 28.1 Å². The van der Waals surface area contributed by atoms with Crippen LogP contribution in [0.3, 0.4) is 0 Å². The van der Waals surface area contributed by atoms with E-state index in [4.69, 9.17) is 18.5 Å². The second-order valence-corrected chi connectivity index (χ2v) is 13.2. The first-order chi connectivity index (χ1) is 20.1. The molecule has 0 aliphatic heterocycles. The van der Waals surface area contributed by atoms with Gasteiger partial charge in [0.1, 0.15) is 19.3 Å². The van der Waals surface area contributed by atoms with Gasteiger partial charge in [-0.1, -0.05) is 95.2 Å². The van der Waals surface area contributed by atoms with Crippen LogP contribution in [0.5, 0.6) is 0 Å². The maximum absolute atomic E-state index is 12.1. The quantitative estimate of drug-likeness (QED) is 0.0280. The molecule has 0 radical (unpaired) electrons. The van der Waals surface area contributed by atoms with Crippen LogP contribution in [0.25, 0.3) is 0 Å². The molecule has 0 rings (SSSR count). The van der Waals surface area contributed by atoms with Gasteiger partial charge in [-0.05, 0) is 44.9 Å². The molecule has 0 aliphatic carbocycles. The van der Waals surface area contributed by atoms with Gasteiger partial charge in [-0.2, -0.15) is 0 Å². The molecule has 9 heteroatoms. The van der Waals surface area contributed by atoms with Crippen LogP contribution in [0.4, 0.5) is 0 Å². The van der Waals surface area contributed by atoms with E-state index >= 15 is 0 Å². The first-order valence-corrected chi connectivity index (χ1v) is 17.7. The minimum Gasteiger partial charge on any atom is -0.756 e. The number of allylic oxidation sites excluding steroid dienone is 6. The highest BCUT2D eigenvalue weighted by molar-refractivity contribution is 7.45. The minimum absolute atomic E-state index is 0.0227. The fourth-order valence-electron chi connectivity index (χ4n) is 3.89. The molecule has 2 unspecified atom stereocenters. The van der Waals surface area contributed by atoms with Crippen LogP contribution in [0, 0.1) is 0 Å². The number of rotatable bonds is 29. The van der Waals surface area contributed by atoms with Crippen LogP contribution >= 0.6 is 7.82 Å². The van der Waals surface area contributed by atoms with Crippen LogP contribution in [0.15, 0.2) is 36.5 Å². The summed E-state index contributed by atoms with van der Waals surface area (Å²) in [4.78, 5) is 24.2. The lowest BCUT2D eigenvalue weighted by Crippen LogP contribution is -2.37. The number of phosphoric ester groups is 1. The SMILES string of the molecule is CC/C=C\C/C=C\C/C=C\CCCCCCCCCCOCC(COP(=O)([O-])OCC[N+](C)(C)C)OC(=O)CCCC. The van der Waals surface area contributed by atoms with E-state index in [1.54, 1.807) is 0 Å². The largest absolute Gasteiger partial charge is 0.756 e. The van der Waals surface area contributed by atoms with Crippen molar-refractivity contribution in [2.45, 2.75) is 116 Å². The monoisotopic (exact) mass is 615 g/mol. The highest BCUT2D eigenvalue weighted by Crippen LogP contribution is 2.38. The lowest BCUT2D eigenvalue weighted by atomic mass is 10.1. The standard InChI is InChI=1S/C33H62NO7P/c1-6-8-10-11-12-13-14-15-16-17-18-19-20-21-22-23-24-25-28-38-30-32(41-33(35)26-9-7-2)31-40-42(36,37)39-29-27-34(3,4)5/h8,10,12-13,15-16,32H,6-7,9,11,14,17-31H2,1-5H3/b10-8-,13-12-,16-15-. The molecule has 246 valence electrons. The summed E-state index contributed by atoms with van der Waals surface area (Å²) in [5, 5.41) is 0. The molecule has 0 bridgehead atoms. The Kier molecular flexibility index (Phi) is 26.5. The number of unbranched alkanes of at least 4 members (excludes halogenated alkanes) is 9. The van der Waals surface area contributed by atoms with Crippen LogP contribution in [-0.2, 0) is 27.9 Å². The highest BCUT2D eigenvalue weighted by atomic mass is 31.2. The first kappa shape index (κ1) is 40.7. The molecule has 0 aliphatic rings. The number of esters is 1. The van der Waals surface area contributed by atoms with Crippen molar-refractivity contribution in [2.75, 3.05) is 54.1 Å². The van der Waals surface area contributed by atoms with Crippen LogP contribution < -0.4 is 4.89 Å². The molecule has 8 nitrogen and oxygen atoms in total. The Hall–Kier alpha value is -1.28. The van der Waals surface area contributed by atoms with Crippen molar-refractivity contribution in [3.8, 4) is 0 Å². The predicted octanol–water partition coefficient (Wildman–Crippen LogP) is 7.68. The molecular weight excluding hydrogens is 553 g/mol. The van der Waals surface area contributed by atoms with Crippen molar-refractivity contribution in [1.29, 1.82) is 0 Å². The summed E-state index contributed by atoms with van der Waals surface area (Å²) in [6, 6.07) is 0. The van der Waals surface area contributed by atoms with E-state index in [0.29, 0.717) is 24.1 Å². The molecule has 0 fully saturated rings. The normalized spacial score (nSPS) is 14.7. The number of likely N-dealkylation sites (N-methyl/N-ethyl adjacent to an activating group) is 1. The van der Waals surface area contributed by atoms with E-state index in [2.05, 4.69) is 43.4 Å². The maximum atomic E-state index is 12.1. The highest BCUT2D eigenvalue weighted by Gasteiger charge is 2.20. The van der Waals surface area contributed by atoms with Gasteiger partial charge in [0.2, 0.25) is 0 Å². The molecule has 0 N–H and O–H groups in total. The molecule has 0 spiro atoms. The number of hydrogen-bond donors (Lipinski definition) is 0. The van der Waals surface area contributed by atoms with E-state index in [0.717, 1.165) is 44.9 Å². The molecule has 2 atom stereocenters. The fourth-order valence-corrected chi connectivity index (χ4v) is 4.62. The Morgan fingerprint density at radius 2 is 1.36 bits per heavy atom. The van der Waals surface area contributed by atoms with Crippen molar-refractivity contribution in [3.63, 3.8) is 0 Å². The molecule has 0 aromatic carbocycles. The lowest BCUT2D eigenvalue weighted by molar-refractivity contribution is -0.870. The van der Waals surface area contributed by atoms with E-state index in [9.17, 15) is 14.3 Å². The van der Waals surface area contributed by atoms with Crippen molar-refractivity contribution in [2.24, 2.45) is 0 Å². The Morgan fingerprint density at radius 1 is 0.762 bits per heavy atom. The Bertz CT molecular complexity index is 777. The molecule has 42 heavy (non-hydrogen) atoms. The molecule has 0 heterocycles. The van der Waals surface area contributed by atoms with E-state index in [1.165, 1.54) is 38.5 Å². The molecule has 0 amide bonds. The number of carbonyl (C=O) groups is 1. The molecule has 0 saturated heterocycles. The number of ether oxygens (including phenoxy) is 2. The first-order valence-electron chi connectivity index (χ1n) is 16.2. The molecule has 0 aromatic rings. The van der Waals surface area contributed by atoms with Gasteiger partial charge in [-0.15, -0.1) is 0 Å². The zero-order chi connectivity index (χ0) is 31.4. The summed E-state index contributed by atoms with van der Waals surface area (Å²) in [7, 11) is 1.34. The predicted molar refractivity (Wildman–Crippen MR) is 171 cm³/mol. The summed E-state index contributed by atoms with van der Waals surface area (Å²) >= 11 is 0. The van der Waals surface area contributed by atoms with Gasteiger partial charge < -0.3 is 27.9 Å². The lowest BCUT2D eigenvalue weighted by Gasteiger charge is -2.28. The summed E-state index contributed by atoms with van der Waals surface area (Å²) in [6.45, 7) is 5.00. The molecule has 0 saturated carbocycles. The van der Waals surface area contributed by atoms with Crippen LogP contribution in [0.1, 0.15) is 110 Å². The number of carbonyl (C=O) groups excluding carboxylic acids is 1. The van der Waals surface area contributed by atoms with Gasteiger partial charge in [-0.25, -0.2) is 0 Å². The van der Waals surface area contributed by atoms with Crippen molar-refractivity contribution in [1.82, 2.24) is 0 Å². The van der Waals surface area contributed by atoms with Gasteiger partial charge in [0, 0.05) is 13.0 Å². The third-order valence-corrected chi connectivity index (χ3v) is 7.42. The molecule has 0 aromatic heterocycles. The van der Waals surface area contributed by atoms with E-state index in [-0.39, 0.29) is 32.2 Å². The average molecular weight is 616 g/mol. The smallest absolute Gasteiger partial charge is 0.306 e. The average Bonchev–Trinajstić information content (AvgIpc) is 2.92. The summed E-state index contributed by atoms with van der Waals surface area (Å²) in [5.74, 6) is -0.375. The van der Waals surface area contributed by atoms with Crippen molar-refractivity contribution < 1.29 is 37.3 Å². The second kappa shape index (κ2) is 27.3. The Balaban J connectivity index is 4.00. The zero-order valence-electron chi connectivity index (χ0n) is 27.4.